The maximum atomic E-state index is 12.3. The normalized spacial score (nSPS) is 10.4. The minimum absolute atomic E-state index is 0.150. The molecule has 0 atom stereocenters. The van der Waals surface area contributed by atoms with Crippen molar-refractivity contribution in [3.8, 4) is 0 Å². The lowest BCUT2D eigenvalue weighted by molar-refractivity contribution is -0.142. The highest BCUT2D eigenvalue weighted by Crippen LogP contribution is 2.11. The van der Waals surface area contributed by atoms with E-state index in [0.717, 1.165) is 5.56 Å². The molecule has 110 valence electrons. The SMILES string of the molecule is CCOC(=O)Cc1c(Cl)cnn(Cc2ccccc2)c1=O. The van der Waals surface area contributed by atoms with Crippen LogP contribution in [0.4, 0.5) is 0 Å². The summed E-state index contributed by atoms with van der Waals surface area (Å²) in [6, 6.07) is 9.46. The van der Waals surface area contributed by atoms with Crippen molar-refractivity contribution in [2.24, 2.45) is 0 Å². The number of ether oxygens (including phenoxy) is 1. The first-order valence-corrected chi connectivity index (χ1v) is 6.93. The minimum Gasteiger partial charge on any atom is -0.466 e. The standard InChI is InChI=1S/C15H15ClN2O3/c1-2-21-14(19)8-12-13(16)9-17-18(15(12)20)10-11-6-4-3-5-7-11/h3-7,9H,2,8,10H2,1H3. The number of carbonyl (C=O) groups is 1. The third-order valence-corrected chi connectivity index (χ3v) is 3.22. The largest absolute Gasteiger partial charge is 0.466 e. The van der Waals surface area contributed by atoms with Crippen LogP contribution in [0.3, 0.4) is 0 Å². The number of hydrogen-bond acceptors (Lipinski definition) is 4. The van der Waals surface area contributed by atoms with E-state index in [4.69, 9.17) is 16.3 Å². The number of esters is 1. The van der Waals surface area contributed by atoms with Crippen LogP contribution in [-0.2, 0) is 22.5 Å². The molecule has 0 saturated carbocycles. The topological polar surface area (TPSA) is 61.2 Å². The average molecular weight is 307 g/mol. The lowest BCUT2D eigenvalue weighted by atomic mass is 10.2. The Labute approximate surface area is 127 Å². The molecule has 1 aromatic carbocycles. The number of rotatable bonds is 5. The van der Waals surface area contributed by atoms with Gasteiger partial charge in [0.1, 0.15) is 0 Å². The van der Waals surface area contributed by atoms with Crippen LogP contribution >= 0.6 is 11.6 Å². The molecule has 1 heterocycles. The maximum Gasteiger partial charge on any atom is 0.310 e. The van der Waals surface area contributed by atoms with E-state index in [0.29, 0.717) is 6.54 Å². The Kier molecular flexibility index (Phi) is 5.11. The van der Waals surface area contributed by atoms with E-state index in [9.17, 15) is 9.59 Å². The van der Waals surface area contributed by atoms with Gasteiger partial charge in [-0.15, -0.1) is 0 Å². The molecule has 2 rings (SSSR count). The van der Waals surface area contributed by atoms with E-state index in [-0.39, 0.29) is 29.2 Å². The van der Waals surface area contributed by atoms with Crippen molar-refractivity contribution in [3.63, 3.8) is 0 Å². The monoisotopic (exact) mass is 306 g/mol. The first-order valence-electron chi connectivity index (χ1n) is 6.56. The lowest BCUT2D eigenvalue weighted by Crippen LogP contribution is -2.28. The second-order valence-corrected chi connectivity index (χ2v) is 4.81. The Morgan fingerprint density at radius 1 is 1.33 bits per heavy atom. The van der Waals surface area contributed by atoms with Crippen LogP contribution in [0.15, 0.2) is 41.3 Å². The Morgan fingerprint density at radius 2 is 2.05 bits per heavy atom. The molecule has 0 bridgehead atoms. The predicted octanol–water partition coefficient (Wildman–Crippen LogP) is 2.05. The van der Waals surface area contributed by atoms with Gasteiger partial charge in [0, 0.05) is 0 Å². The second kappa shape index (κ2) is 7.04. The van der Waals surface area contributed by atoms with Crippen LogP contribution < -0.4 is 5.56 Å². The zero-order chi connectivity index (χ0) is 15.2. The first-order chi connectivity index (χ1) is 10.1. The molecule has 0 unspecified atom stereocenters. The molecule has 1 aromatic heterocycles. The third kappa shape index (κ3) is 3.92. The van der Waals surface area contributed by atoms with Crippen LogP contribution in [0.1, 0.15) is 18.1 Å². The summed E-state index contributed by atoms with van der Waals surface area (Å²) in [4.78, 5) is 23.9. The summed E-state index contributed by atoms with van der Waals surface area (Å²) < 4.78 is 6.14. The van der Waals surface area contributed by atoms with E-state index in [1.165, 1.54) is 10.9 Å². The third-order valence-electron chi connectivity index (χ3n) is 2.89. The van der Waals surface area contributed by atoms with Crippen LogP contribution in [0, 0.1) is 0 Å². The predicted molar refractivity (Wildman–Crippen MR) is 79.4 cm³/mol. The van der Waals surface area contributed by atoms with Gasteiger partial charge in [0.25, 0.3) is 5.56 Å². The highest BCUT2D eigenvalue weighted by atomic mass is 35.5. The van der Waals surface area contributed by atoms with Crippen LogP contribution in [0.2, 0.25) is 5.02 Å². The molecule has 0 N–H and O–H groups in total. The van der Waals surface area contributed by atoms with Crippen molar-refractivity contribution in [1.29, 1.82) is 0 Å². The Bertz CT molecular complexity index is 683. The number of benzene rings is 1. The number of carbonyl (C=O) groups excluding carboxylic acids is 1. The van der Waals surface area contributed by atoms with E-state index >= 15 is 0 Å². The van der Waals surface area contributed by atoms with E-state index in [2.05, 4.69) is 5.10 Å². The van der Waals surface area contributed by atoms with Crippen LogP contribution in [-0.4, -0.2) is 22.4 Å². The summed E-state index contributed by atoms with van der Waals surface area (Å²) >= 11 is 5.97. The number of halogens is 1. The van der Waals surface area contributed by atoms with E-state index in [1.54, 1.807) is 6.92 Å². The zero-order valence-electron chi connectivity index (χ0n) is 11.6. The molecule has 0 radical (unpaired) electrons. The summed E-state index contributed by atoms with van der Waals surface area (Å²) in [7, 11) is 0. The first kappa shape index (κ1) is 15.3. The lowest BCUT2D eigenvalue weighted by Gasteiger charge is -2.08. The van der Waals surface area contributed by atoms with E-state index in [1.807, 2.05) is 30.3 Å². The number of nitrogens with zero attached hydrogens (tertiary/aromatic N) is 2. The van der Waals surface area contributed by atoms with Gasteiger partial charge in [-0.25, -0.2) is 4.68 Å². The van der Waals surface area contributed by atoms with Gasteiger partial charge in [-0.05, 0) is 12.5 Å². The second-order valence-electron chi connectivity index (χ2n) is 4.40. The molecule has 6 heteroatoms. The van der Waals surface area contributed by atoms with Crippen molar-refractivity contribution < 1.29 is 9.53 Å². The zero-order valence-corrected chi connectivity index (χ0v) is 12.3. The van der Waals surface area contributed by atoms with E-state index < -0.39 is 5.97 Å². The summed E-state index contributed by atoms with van der Waals surface area (Å²) in [5.41, 5.74) is 0.775. The highest BCUT2D eigenvalue weighted by Gasteiger charge is 2.15. The maximum absolute atomic E-state index is 12.3. The summed E-state index contributed by atoms with van der Waals surface area (Å²) in [5, 5.41) is 4.19. The van der Waals surface area contributed by atoms with Gasteiger partial charge >= 0.3 is 5.97 Å². The fraction of sp³-hybridized carbons (Fsp3) is 0.267. The minimum atomic E-state index is -0.478. The molecular weight excluding hydrogens is 292 g/mol. The van der Waals surface area contributed by atoms with Crippen LogP contribution in [0.5, 0.6) is 0 Å². The van der Waals surface area contributed by atoms with Gasteiger partial charge < -0.3 is 4.74 Å². The molecule has 0 aliphatic carbocycles. The number of aromatic nitrogens is 2. The molecule has 0 amide bonds. The fourth-order valence-corrected chi connectivity index (χ4v) is 2.09. The van der Waals surface area contributed by atoms with Gasteiger partial charge in [-0.2, -0.15) is 5.10 Å². The highest BCUT2D eigenvalue weighted by molar-refractivity contribution is 6.31. The Hall–Kier alpha value is -2.14. The molecule has 21 heavy (non-hydrogen) atoms. The van der Waals surface area contributed by atoms with Gasteiger partial charge in [0.15, 0.2) is 0 Å². The van der Waals surface area contributed by atoms with Gasteiger partial charge in [0.2, 0.25) is 0 Å². The molecule has 0 saturated heterocycles. The molecule has 0 fully saturated rings. The van der Waals surface area contributed by atoms with Gasteiger partial charge in [-0.3, -0.25) is 9.59 Å². The van der Waals surface area contributed by atoms with Crippen molar-refractivity contribution in [2.45, 2.75) is 19.9 Å². The summed E-state index contributed by atoms with van der Waals surface area (Å²) in [5.74, 6) is -0.478. The van der Waals surface area contributed by atoms with Crippen molar-refractivity contribution in [1.82, 2.24) is 9.78 Å². The van der Waals surface area contributed by atoms with Crippen molar-refractivity contribution >= 4 is 17.6 Å². The van der Waals surface area contributed by atoms with Crippen molar-refractivity contribution in [3.05, 3.63) is 63.0 Å². The molecule has 5 nitrogen and oxygen atoms in total. The Balaban J connectivity index is 2.28. The molecular formula is C15H15ClN2O3. The quantitative estimate of drug-likeness (QED) is 0.793. The number of hydrogen-bond donors (Lipinski definition) is 0. The Morgan fingerprint density at radius 3 is 2.71 bits per heavy atom. The van der Waals surface area contributed by atoms with Gasteiger partial charge in [0.05, 0.1) is 36.4 Å². The summed E-state index contributed by atoms with van der Waals surface area (Å²) in [6.07, 6.45) is 1.23. The molecule has 0 aliphatic rings. The molecule has 0 aliphatic heterocycles. The van der Waals surface area contributed by atoms with Crippen LogP contribution in [0.25, 0.3) is 0 Å². The smallest absolute Gasteiger partial charge is 0.310 e. The van der Waals surface area contributed by atoms with Gasteiger partial charge in [-0.1, -0.05) is 41.9 Å². The average Bonchev–Trinajstić information content (AvgIpc) is 2.48. The molecule has 2 aromatic rings. The fourth-order valence-electron chi connectivity index (χ4n) is 1.89. The van der Waals surface area contributed by atoms with Crippen molar-refractivity contribution in [2.75, 3.05) is 6.61 Å². The molecule has 0 spiro atoms. The summed E-state index contributed by atoms with van der Waals surface area (Å²) in [6.45, 7) is 2.30.